The fourth-order valence-corrected chi connectivity index (χ4v) is 1.64. The largest absolute Gasteiger partial charge is 0.433 e. The molecule has 1 aromatic heterocycles. The van der Waals surface area contributed by atoms with Crippen molar-refractivity contribution < 1.29 is 13.2 Å². The number of aryl methyl sites for hydroxylation is 1. The Balaban J connectivity index is 0.000000422. The van der Waals surface area contributed by atoms with E-state index in [2.05, 4.69) is 9.98 Å². The van der Waals surface area contributed by atoms with Crippen LogP contribution >= 0.6 is 0 Å². The second kappa shape index (κ2) is 8.10. The smallest absolute Gasteiger partial charge is 0.243 e. The van der Waals surface area contributed by atoms with E-state index in [0.29, 0.717) is 17.8 Å². The molecule has 1 N–H and O–H groups in total. The van der Waals surface area contributed by atoms with Crippen molar-refractivity contribution >= 4 is 6.01 Å². The molecule has 2 rings (SSSR count). The van der Waals surface area contributed by atoms with Crippen LogP contribution in [0.2, 0.25) is 0 Å². The Labute approximate surface area is 127 Å². The van der Waals surface area contributed by atoms with Crippen molar-refractivity contribution in [1.29, 1.82) is 5.41 Å². The average Bonchev–Trinajstić information content (AvgIpc) is 2.48. The van der Waals surface area contributed by atoms with Gasteiger partial charge in [0.25, 0.3) is 0 Å². The third kappa shape index (κ3) is 5.50. The van der Waals surface area contributed by atoms with Gasteiger partial charge < -0.3 is 0 Å². The molecule has 0 atom stereocenters. The fraction of sp³-hybridized carbons (Fsp3) is 0.250. The predicted octanol–water partition coefficient (Wildman–Crippen LogP) is 4.83. The van der Waals surface area contributed by atoms with Crippen LogP contribution in [-0.2, 0) is 6.18 Å². The zero-order valence-corrected chi connectivity index (χ0v) is 12.3. The van der Waals surface area contributed by atoms with E-state index in [1.54, 1.807) is 18.2 Å². The molecule has 0 bridgehead atoms. The van der Waals surface area contributed by atoms with Crippen LogP contribution in [0, 0.1) is 12.3 Å². The van der Waals surface area contributed by atoms with Crippen molar-refractivity contribution in [3.05, 3.63) is 53.7 Å². The molecule has 0 saturated carbocycles. The second-order valence-corrected chi connectivity index (χ2v) is 4.36. The molecular formula is C16H16F3N3. The first-order chi connectivity index (χ1) is 10.4. The topological polar surface area (TPSA) is 49.1 Å². The molecule has 0 aliphatic rings. The highest BCUT2D eigenvalue weighted by Crippen LogP contribution is 2.29. The predicted molar refractivity (Wildman–Crippen MR) is 80.1 cm³/mol. The highest BCUT2D eigenvalue weighted by atomic mass is 19.4. The minimum atomic E-state index is -4.40. The van der Waals surface area contributed by atoms with Crippen LogP contribution in [0.4, 0.5) is 13.2 Å². The molecule has 22 heavy (non-hydrogen) atoms. The van der Waals surface area contributed by atoms with Gasteiger partial charge in [0.2, 0.25) is 0 Å². The summed E-state index contributed by atoms with van der Waals surface area (Å²) in [7, 11) is 0. The summed E-state index contributed by atoms with van der Waals surface area (Å²) in [6.45, 7) is 4.42. The summed E-state index contributed by atoms with van der Waals surface area (Å²) in [5.41, 5.74) is 1.15. The van der Waals surface area contributed by atoms with E-state index in [-0.39, 0.29) is 0 Å². The molecule has 1 aromatic carbocycles. The first kappa shape index (κ1) is 17.6. The fourth-order valence-electron chi connectivity index (χ4n) is 1.64. The van der Waals surface area contributed by atoms with E-state index in [4.69, 9.17) is 5.41 Å². The van der Waals surface area contributed by atoms with E-state index in [0.717, 1.165) is 11.6 Å². The standard InChI is InChI=1S/C13H10F3N.C3H6N2/c1-9-4-2-5-10(8-9)11-6-3-7-12(17-11)13(14,15)16;1-2-5-3-4/h2-8H,1H3;4H,2H2,1H3. The van der Waals surface area contributed by atoms with E-state index in [9.17, 15) is 13.2 Å². The maximum absolute atomic E-state index is 12.5. The van der Waals surface area contributed by atoms with Crippen molar-refractivity contribution in [1.82, 2.24) is 4.98 Å². The van der Waals surface area contributed by atoms with Crippen LogP contribution in [0.15, 0.2) is 47.5 Å². The minimum Gasteiger partial charge on any atom is -0.243 e. The summed E-state index contributed by atoms with van der Waals surface area (Å²) < 4.78 is 37.5. The zero-order chi connectivity index (χ0) is 16.6. The third-order valence-corrected chi connectivity index (χ3v) is 2.59. The molecule has 0 radical (unpaired) electrons. The monoisotopic (exact) mass is 307 g/mol. The summed E-state index contributed by atoms with van der Waals surface area (Å²) in [5.74, 6) is 0. The number of aliphatic imine (C=N–C) groups is 1. The molecule has 0 aliphatic heterocycles. The molecule has 0 spiro atoms. The molecule has 1 heterocycles. The summed E-state index contributed by atoms with van der Waals surface area (Å²) >= 11 is 0. The van der Waals surface area contributed by atoms with Crippen LogP contribution in [0.3, 0.4) is 0 Å². The van der Waals surface area contributed by atoms with Crippen molar-refractivity contribution in [2.24, 2.45) is 4.99 Å². The molecule has 0 fully saturated rings. The summed E-state index contributed by atoms with van der Waals surface area (Å²) in [6, 6.07) is 13.0. The number of pyridine rings is 1. The summed E-state index contributed by atoms with van der Waals surface area (Å²) in [5, 5.41) is 6.19. The van der Waals surface area contributed by atoms with Gasteiger partial charge in [0.05, 0.1) is 11.7 Å². The van der Waals surface area contributed by atoms with Crippen molar-refractivity contribution in [2.75, 3.05) is 6.54 Å². The maximum Gasteiger partial charge on any atom is 0.433 e. The number of aromatic nitrogens is 1. The van der Waals surface area contributed by atoms with E-state index < -0.39 is 11.9 Å². The Morgan fingerprint density at radius 3 is 2.36 bits per heavy atom. The number of nitrogens with zero attached hydrogens (tertiary/aromatic N) is 2. The molecular weight excluding hydrogens is 291 g/mol. The highest BCUT2D eigenvalue weighted by molar-refractivity contribution is 5.60. The van der Waals surface area contributed by atoms with Crippen LogP contribution in [0.25, 0.3) is 11.3 Å². The molecule has 0 aliphatic carbocycles. The lowest BCUT2D eigenvalue weighted by Crippen LogP contribution is -2.07. The van der Waals surface area contributed by atoms with Gasteiger partial charge in [-0.05, 0) is 32.0 Å². The van der Waals surface area contributed by atoms with Crippen LogP contribution < -0.4 is 0 Å². The number of benzene rings is 1. The van der Waals surface area contributed by atoms with Gasteiger partial charge in [-0.3, -0.25) is 0 Å². The van der Waals surface area contributed by atoms with Gasteiger partial charge in [-0.25, -0.2) is 15.4 Å². The molecule has 0 saturated heterocycles. The lowest BCUT2D eigenvalue weighted by Gasteiger charge is -2.08. The number of hydrogen-bond acceptors (Lipinski definition) is 3. The van der Waals surface area contributed by atoms with Crippen LogP contribution in [-0.4, -0.2) is 17.5 Å². The van der Waals surface area contributed by atoms with Crippen LogP contribution in [0.1, 0.15) is 18.2 Å². The van der Waals surface area contributed by atoms with Gasteiger partial charge in [-0.15, -0.1) is 0 Å². The molecule has 116 valence electrons. The summed E-state index contributed by atoms with van der Waals surface area (Å²) in [6.07, 6.45) is -4.40. The van der Waals surface area contributed by atoms with Crippen molar-refractivity contribution in [2.45, 2.75) is 20.0 Å². The molecule has 2 aromatic rings. The minimum absolute atomic E-state index is 0.337. The Kier molecular flexibility index (Phi) is 6.47. The second-order valence-electron chi connectivity index (χ2n) is 4.36. The number of rotatable bonds is 2. The van der Waals surface area contributed by atoms with E-state index >= 15 is 0 Å². The average molecular weight is 307 g/mol. The normalized spacial score (nSPS) is 10.2. The number of halogens is 3. The lowest BCUT2D eigenvalue weighted by atomic mass is 10.1. The number of nitrogens with one attached hydrogen (secondary N) is 1. The number of alkyl halides is 3. The Morgan fingerprint density at radius 2 is 1.86 bits per heavy atom. The van der Waals surface area contributed by atoms with Crippen molar-refractivity contribution in [3.63, 3.8) is 0 Å². The number of hydrogen-bond donors (Lipinski definition) is 1. The maximum atomic E-state index is 12.5. The lowest BCUT2D eigenvalue weighted by molar-refractivity contribution is -0.141. The molecule has 0 unspecified atom stereocenters. The SMILES string of the molecule is CCN=C=N.Cc1cccc(-c2cccc(C(F)(F)F)n2)c1. The van der Waals surface area contributed by atoms with E-state index in [1.807, 2.05) is 32.0 Å². The zero-order valence-electron chi connectivity index (χ0n) is 12.3. The van der Waals surface area contributed by atoms with Gasteiger partial charge in [0.1, 0.15) is 5.69 Å². The first-order valence-electron chi connectivity index (χ1n) is 6.58. The summed E-state index contributed by atoms with van der Waals surface area (Å²) in [4.78, 5) is 7.02. The first-order valence-corrected chi connectivity index (χ1v) is 6.58. The van der Waals surface area contributed by atoms with E-state index in [1.165, 1.54) is 6.07 Å². The molecule has 3 nitrogen and oxygen atoms in total. The third-order valence-electron chi connectivity index (χ3n) is 2.59. The Bertz CT molecular complexity index is 660. The van der Waals surface area contributed by atoms with Gasteiger partial charge in [0, 0.05) is 12.1 Å². The molecule has 6 heteroatoms. The highest BCUT2D eigenvalue weighted by Gasteiger charge is 2.32. The molecule has 0 amide bonds. The van der Waals surface area contributed by atoms with Gasteiger partial charge in [0.15, 0.2) is 0 Å². The van der Waals surface area contributed by atoms with Crippen LogP contribution in [0.5, 0.6) is 0 Å². The quantitative estimate of drug-likeness (QED) is 0.793. The van der Waals surface area contributed by atoms with Crippen molar-refractivity contribution in [3.8, 4) is 11.3 Å². The van der Waals surface area contributed by atoms with Gasteiger partial charge >= 0.3 is 6.18 Å². The van der Waals surface area contributed by atoms with Gasteiger partial charge in [-0.2, -0.15) is 13.2 Å². The Hall–Kier alpha value is -2.46. The Morgan fingerprint density at radius 1 is 1.18 bits per heavy atom. The van der Waals surface area contributed by atoms with Gasteiger partial charge in [-0.1, -0.05) is 29.8 Å².